The number of benzene rings is 1. The first-order valence-corrected chi connectivity index (χ1v) is 12.2. The number of nitrogens with zero attached hydrogens (tertiary/aromatic N) is 2. The lowest BCUT2D eigenvalue weighted by Crippen LogP contribution is -2.32. The summed E-state index contributed by atoms with van der Waals surface area (Å²) in [5.74, 6) is -2.58. The molecule has 3 aromatic heterocycles. The first kappa shape index (κ1) is 25.9. The lowest BCUT2D eigenvalue weighted by Gasteiger charge is -2.22. The van der Waals surface area contributed by atoms with E-state index in [-0.39, 0.29) is 30.9 Å². The predicted octanol–water partition coefficient (Wildman–Crippen LogP) is 4.40. The number of hydrogen-bond acceptors (Lipinski definition) is 4. The third-order valence-corrected chi connectivity index (χ3v) is 6.53. The maximum atomic E-state index is 14.0. The van der Waals surface area contributed by atoms with Crippen LogP contribution in [0.4, 0.5) is 13.2 Å². The fourth-order valence-electron chi connectivity index (χ4n) is 4.79. The number of fused-ring (bicyclic) bond motifs is 1. The minimum Gasteiger partial charge on any atom is -0.364 e. The number of alkyl halides is 1. The third kappa shape index (κ3) is 5.90. The lowest BCUT2D eigenvalue weighted by atomic mass is 9.94. The number of nitrogens with two attached hydrogens (primary N) is 1. The summed E-state index contributed by atoms with van der Waals surface area (Å²) in [6, 6.07) is 8.98. The highest BCUT2D eigenvalue weighted by molar-refractivity contribution is 5.92. The zero-order valence-electron chi connectivity index (χ0n) is 20.6. The van der Waals surface area contributed by atoms with Crippen LogP contribution in [-0.4, -0.2) is 32.9 Å². The van der Waals surface area contributed by atoms with Gasteiger partial charge >= 0.3 is 0 Å². The van der Waals surface area contributed by atoms with E-state index in [0.29, 0.717) is 27.9 Å². The van der Waals surface area contributed by atoms with Gasteiger partial charge in [0.2, 0.25) is 5.91 Å². The molecule has 2 amide bonds. The molecule has 3 heterocycles. The zero-order chi connectivity index (χ0) is 27.5. The van der Waals surface area contributed by atoms with Gasteiger partial charge in [-0.1, -0.05) is 6.07 Å². The van der Waals surface area contributed by atoms with Crippen LogP contribution in [0.1, 0.15) is 44.6 Å². The van der Waals surface area contributed by atoms with E-state index < -0.39 is 29.8 Å². The molecule has 7 nitrogen and oxygen atoms in total. The zero-order valence-corrected chi connectivity index (χ0v) is 20.6. The van der Waals surface area contributed by atoms with E-state index in [4.69, 9.17) is 5.73 Å². The molecule has 39 heavy (non-hydrogen) atoms. The molecule has 0 spiro atoms. The first-order valence-electron chi connectivity index (χ1n) is 12.2. The number of hydrogen-bond donors (Lipinski definition) is 3. The molecule has 0 fully saturated rings. The molecule has 5 rings (SSSR count). The Morgan fingerprint density at radius 3 is 2.67 bits per heavy atom. The Labute approximate surface area is 222 Å². The lowest BCUT2D eigenvalue weighted by molar-refractivity contribution is -0.121. The van der Waals surface area contributed by atoms with E-state index >= 15 is 0 Å². The fourth-order valence-corrected chi connectivity index (χ4v) is 4.79. The van der Waals surface area contributed by atoms with Crippen LogP contribution in [0, 0.1) is 11.6 Å². The van der Waals surface area contributed by atoms with Gasteiger partial charge in [0.25, 0.3) is 5.91 Å². The van der Waals surface area contributed by atoms with Gasteiger partial charge in [-0.25, -0.2) is 13.2 Å². The van der Waals surface area contributed by atoms with Crippen molar-refractivity contribution in [3.05, 3.63) is 113 Å². The van der Waals surface area contributed by atoms with Gasteiger partial charge in [0.1, 0.15) is 23.5 Å². The summed E-state index contributed by atoms with van der Waals surface area (Å²) >= 11 is 0. The molecule has 2 atom stereocenters. The van der Waals surface area contributed by atoms with Crippen LogP contribution < -0.4 is 11.1 Å². The normalized spacial score (nSPS) is 15.0. The van der Waals surface area contributed by atoms with Crippen LogP contribution in [0.2, 0.25) is 0 Å². The van der Waals surface area contributed by atoms with E-state index in [1.165, 1.54) is 36.7 Å². The molecule has 0 saturated heterocycles. The number of aromatic nitrogens is 3. The summed E-state index contributed by atoms with van der Waals surface area (Å²) in [5, 5.41) is 2.95. The molecule has 4 N–H and O–H groups in total. The second kappa shape index (κ2) is 10.9. The van der Waals surface area contributed by atoms with Gasteiger partial charge in [0, 0.05) is 42.3 Å². The van der Waals surface area contributed by atoms with Gasteiger partial charge in [-0.3, -0.25) is 19.6 Å². The molecule has 4 aromatic rings. The van der Waals surface area contributed by atoms with Crippen molar-refractivity contribution in [1.29, 1.82) is 0 Å². The Balaban J connectivity index is 1.49. The van der Waals surface area contributed by atoms with Gasteiger partial charge < -0.3 is 16.0 Å². The quantitative estimate of drug-likeness (QED) is 0.313. The molecule has 0 bridgehead atoms. The van der Waals surface area contributed by atoms with Crippen molar-refractivity contribution >= 4 is 17.9 Å². The van der Waals surface area contributed by atoms with Crippen LogP contribution in [0.15, 0.2) is 67.1 Å². The van der Waals surface area contributed by atoms with Gasteiger partial charge in [0.05, 0.1) is 18.2 Å². The summed E-state index contributed by atoms with van der Waals surface area (Å²) in [4.78, 5) is 36.5. The monoisotopic (exact) mass is 531 g/mol. The van der Waals surface area contributed by atoms with Crippen molar-refractivity contribution in [3.8, 4) is 11.1 Å². The summed E-state index contributed by atoms with van der Waals surface area (Å²) in [6.07, 6.45) is 6.79. The predicted molar refractivity (Wildman–Crippen MR) is 139 cm³/mol. The number of aromatic amines is 1. The maximum absolute atomic E-state index is 14.0. The van der Waals surface area contributed by atoms with Crippen molar-refractivity contribution in [2.24, 2.45) is 5.73 Å². The molecule has 1 unspecified atom stereocenters. The largest absolute Gasteiger partial charge is 0.364 e. The molecule has 10 heteroatoms. The second-order valence-corrected chi connectivity index (χ2v) is 9.29. The van der Waals surface area contributed by atoms with E-state index in [0.717, 1.165) is 17.3 Å². The van der Waals surface area contributed by atoms with Gasteiger partial charge in [-0.2, -0.15) is 0 Å². The number of rotatable bonds is 8. The Morgan fingerprint density at radius 1 is 1.10 bits per heavy atom. The molecular weight excluding hydrogens is 507 g/mol. The van der Waals surface area contributed by atoms with Crippen molar-refractivity contribution in [3.63, 3.8) is 0 Å². The molecular formula is C29H24F3N5O2. The summed E-state index contributed by atoms with van der Waals surface area (Å²) in [7, 11) is 0. The SMILES string of the molecule is NC(=O)c1cc(-c2cccnc2[C@H](Cc2cc(F)cc(F)c2)NC(=O)Cc2c[nH]c3c2CC(F)C=C3)ccn1. The molecule has 198 valence electrons. The highest BCUT2D eigenvalue weighted by Crippen LogP contribution is 2.30. The van der Waals surface area contributed by atoms with Crippen LogP contribution >= 0.6 is 0 Å². The number of primary amides is 1. The summed E-state index contributed by atoms with van der Waals surface area (Å²) in [5.41, 5.74) is 9.48. The molecule has 0 aliphatic heterocycles. The van der Waals surface area contributed by atoms with Crippen molar-refractivity contribution in [2.75, 3.05) is 0 Å². The summed E-state index contributed by atoms with van der Waals surface area (Å²) in [6.45, 7) is 0. The topological polar surface area (TPSA) is 114 Å². The smallest absolute Gasteiger partial charge is 0.267 e. The Kier molecular flexibility index (Phi) is 7.27. The van der Waals surface area contributed by atoms with E-state index in [2.05, 4.69) is 20.3 Å². The molecule has 1 aliphatic rings. The molecule has 1 aliphatic carbocycles. The van der Waals surface area contributed by atoms with Gasteiger partial charge in [-0.15, -0.1) is 0 Å². The number of allylic oxidation sites excluding steroid dienone is 1. The summed E-state index contributed by atoms with van der Waals surface area (Å²) < 4.78 is 42.0. The molecule has 0 saturated carbocycles. The number of H-pyrrole nitrogens is 1. The van der Waals surface area contributed by atoms with Crippen molar-refractivity contribution in [2.45, 2.75) is 31.5 Å². The number of nitrogens with one attached hydrogen (secondary N) is 2. The molecule has 1 aromatic carbocycles. The van der Waals surface area contributed by atoms with Crippen LogP contribution in [0.5, 0.6) is 0 Å². The minimum atomic E-state index is -1.13. The standard InChI is InChI=1S/C29H24F3N5O2/c30-19-3-4-24-23(14-19)18(15-36-24)12-27(38)37-25(10-16-8-20(31)13-21(32)9-16)28-22(2-1-6-35-28)17-5-7-34-26(11-17)29(33)39/h1-9,11,13,15,19,25,36H,10,12,14H2,(H2,33,39)(H,37,38)/t19?,25-/m0/s1. The second-order valence-electron chi connectivity index (χ2n) is 9.29. The Bertz CT molecular complexity index is 1560. The van der Waals surface area contributed by atoms with E-state index in [9.17, 15) is 22.8 Å². The number of halogens is 3. The Hall–Kier alpha value is -4.73. The number of pyridine rings is 2. The van der Waals surface area contributed by atoms with Crippen LogP contribution in [0.3, 0.4) is 0 Å². The highest BCUT2D eigenvalue weighted by atomic mass is 19.1. The van der Waals surface area contributed by atoms with E-state index in [1.54, 1.807) is 30.5 Å². The van der Waals surface area contributed by atoms with Crippen molar-refractivity contribution in [1.82, 2.24) is 20.3 Å². The number of carbonyl (C=O) groups excluding carboxylic acids is 2. The average Bonchev–Trinajstić information content (AvgIpc) is 3.29. The first-order chi connectivity index (χ1) is 18.8. The number of carbonyl (C=O) groups is 2. The van der Waals surface area contributed by atoms with E-state index in [1.807, 2.05) is 0 Å². The third-order valence-electron chi connectivity index (χ3n) is 6.53. The van der Waals surface area contributed by atoms with Crippen LogP contribution in [-0.2, 0) is 24.1 Å². The number of amides is 2. The highest BCUT2D eigenvalue weighted by Gasteiger charge is 2.24. The maximum Gasteiger partial charge on any atom is 0.267 e. The van der Waals surface area contributed by atoms with Crippen molar-refractivity contribution < 1.29 is 22.8 Å². The average molecular weight is 532 g/mol. The molecule has 0 radical (unpaired) electrons. The van der Waals surface area contributed by atoms with Gasteiger partial charge in [0.15, 0.2) is 0 Å². The minimum absolute atomic E-state index is 0.0265. The van der Waals surface area contributed by atoms with Gasteiger partial charge in [-0.05, 0) is 71.2 Å². The van der Waals surface area contributed by atoms with Crippen LogP contribution in [0.25, 0.3) is 17.2 Å². The Morgan fingerprint density at radius 2 is 1.90 bits per heavy atom. The fraction of sp³-hybridized carbons (Fsp3) is 0.172.